The van der Waals surface area contributed by atoms with E-state index in [0.717, 1.165) is 23.5 Å². The number of anilines is 2. The van der Waals surface area contributed by atoms with Gasteiger partial charge in [0.25, 0.3) is 5.91 Å². The summed E-state index contributed by atoms with van der Waals surface area (Å²) in [5.74, 6) is -2.32. The van der Waals surface area contributed by atoms with E-state index in [1.54, 1.807) is 25.3 Å². The van der Waals surface area contributed by atoms with Gasteiger partial charge in [-0.2, -0.15) is 0 Å². The molecule has 184 valence electrons. The van der Waals surface area contributed by atoms with Gasteiger partial charge in [0, 0.05) is 11.1 Å². The maximum absolute atomic E-state index is 14.9. The number of carbonyl (C=O) groups excluding carboxylic acids is 1. The number of nitrogens with one attached hydrogen (secondary N) is 1. The van der Waals surface area contributed by atoms with Crippen molar-refractivity contribution in [1.82, 2.24) is 9.55 Å². The van der Waals surface area contributed by atoms with Crippen molar-refractivity contribution in [1.29, 1.82) is 0 Å². The van der Waals surface area contributed by atoms with Gasteiger partial charge in [-0.25, -0.2) is 13.8 Å². The van der Waals surface area contributed by atoms with Crippen LogP contribution in [0, 0.1) is 11.6 Å². The minimum absolute atomic E-state index is 0.0202. The molecule has 0 radical (unpaired) electrons. The first-order chi connectivity index (χ1) is 16.3. The van der Waals surface area contributed by atoms with Gasteiger partial charge in [-0.3, -0.25) is 4.79 Å². The number of hydrogen-bond acceptors (Lipinski definition) is 7. The SMILES string of the molecule is C[C@@H](O)Cn1cc2nc(Nc3sc(-c4c(F)cc(C(C)(C)O)cc4F)cc3C(N)=O)ccc2c1O. The van der Waals surface area contributed by atoms with E-state index in [0.29, 0.717) is 16.7 Å². The van der Waals surface area contributed by atoms with Crippen LogP contribution in [0.1, 0.15) is 36.7 Å². The Hall–Kier alpha value is -3.54. The van der Waals surface area contributed by atoms with Crippen molar-refractivity contribution in [3.63, 3.8) is 0 Å². The van der Waals surface area contributed by atoms with Crippen molar-refractivity contribution in [2.24, 2.45) is 5.73 Å². The third kappa shape index (κ3) is 4.83. The smallest absolute Gasteiger partial charge is 0.251 e. The molecular weight excluding hydrogens is 478 g/mol. The van der Waals surface area contributed by atoms with E-state index in [1.807, 2.05) is 0 Å². The Kier molecular flexibility index (Phi) is 6.26. The molecule has 4 rings (SSSR count). The van der Waals surface area contributed by atoms with Gasteiger partial charge in [0.2, 0.25) is 5.88 Å². The topological polar surface area (TPSA) is 134 Å². The molecule has 4 aromatic rings. The zero-order chi connectivity index (χ0) is 25.7. The van der Waals surface area contributed by atoms with Gasteiger partial charge in [-0.1, -0.05) is 0 Å². The number of aliphatic hydroxyl groups excluding tert-OH is 1. The van der Waals surface area contributed by atoms with Gasteiger partial charge in [0.15, 0.2) is 0 Å². The molecule has 1 aromatic carbocycles. The number of aromatic hydroxyl groups is 1. The number of benzene rings is 1. The fourth-order valence-corrected chi connectivity index (χ4v) is 4.81. The first kappa shape index (κ1) is 24.6. The molecule has 0 bridgehead atoms. The van der Waals surface area contributed by atoms with Crippen molar-refractivity contribution in [2.75, 3.05) is 5.32 Å². The Morgan fingerprint density at radius 1 is 1.26 bits per heavy atom. The highest BCUT2D eigenvalue weighted by molar-refractivity contribution is 7.20. The number of thiophene rings is 1. The molecule has 35 heavy (non-hydrogen) atoms. The first-order valence-electron chi connectivity index (χ1n) is 10.6. The summed E-state index contributed by atoms with van der Waals surface area (Å²) >= 11 is 0.918. The van der Waals surface area contributed by atoms with E-state index < -0.39 is 29.2 Å². The lowest BCUT2D eigenvalue weighted by Gasteiger charge is -2.18. The highest BCUT2D eigenvalue weighted by atomic mass is 32.1. The third-order valence-electron chi connectivity index (χ3n) is 5.41. The van der Waals surface area contributed by atoms with Crippen LogP contribution in [0.4, 0.5) is 19.6 Å². The fraction of sp³-hybridized carbons (Fsp3) is 0.250. The summed E-state index contributed by atoms with van der Waals surface area (Å²) in [6, 6.07) is 6.58. The quantitative estimate of drug-likeness (QED) is 0.257. The summed E-state index contributed by atoms with van der Waals surface area (Å²) in [6.07, 6.45) is 0.896. The summed E-state index contributed by atoms with van der Waals surface area (Å²) in [6.45, 7) is 4.60. The molecule has 1 amide bonds. The highest BCUT2D eigenvalue weighted by Gasteiger charge is 2.24. The molecule has 0 saturated carbocycles. The number of fused-ring (bicyclic) bond motifs is 1. The van der Waals surface area contributed by atoms with E-state index in [4.69, 9.17) is 5.73 Å². The summed E-state index contributed by atoms with van der Waals surface area (Å²) in [4.78, 5) is 16.6. The molecular formula is C24H24F2N4O4S. The molecule has 6 N–H and O–H groups in total. The number of aliphatic hydroxyl groups is 2. The number of halogens is 2. The van der Waals surface area contributed by atoms with Gasteiger partial charge in [-0.05, 0) is 56.7 Å². The zero-order valence-corrected chi connectivity index (χ0v) is 20.0. The van der Waals surface area contributed by atoms with E-state index >= 15 is 0 Å². The molecule has 0 unspecified atom stereocenters. The van der Waals surface area contributed by atoms with Crippen molar-refractivity contribution in [3.8, 4) is 16.3 Å². The molecule has 0 fully saturated rings. The average Bonchev–Trinajstić information content (AvgIpc) is 3.27. The maximum Gasteiger partial charge on any atom is 0.251 e. The zero-order valence-electron chi connectivity index (χ0n) is 19.1. The molecule has 0 aliphatic carbocycles. The molecule has 8 nitrogen and oxygen atoms in total. The van der Waals surface area contributed by atoms with Crippen LogP contribution < -0.4 is 11.1 Å². The van der Waals surface area contributed by atoms with Crippen molar-refractivity contribution < 1.29 is 28.9 Å². The van der Waals surface area contributed by atoms with Crippen LogP contribution in [0.25, 0.3) is 21.3 Å². The largest absolute Gasteiger partial charge is 0.494 e. The summed E-state index contributed by atoms with van der Waals surface area (Å²) in [7, 11) is 0. The standard InChI is InChI=1S/C24H24F2N4O4S/c1-11(31)9-30-10-17-13(23(30)33)4-5-19(28-17)29-22-14(21(27)32)8-18(35-22)20-15(25)6-12(7-16(20)26)24(2,3)34/h4-8,10-11,31,33-34H,9H2,1-3H3,(H2,27,32)(H,28,29)/t11-/m1/s1. The molecule has 11 heteroatoms. The monoisotopic (exact) mass is 502 g/mol. The average molecular weight is 503 g/mol. The number of nitrogens with zero attached hydrogens (tertiary/aromatic N) is 2. The van der Waals surface area contributed by atoms with E-state index in [9.17, 15) is 28.9 Å². The third-order valence-corrected chi connectivity index (χ3v) is 6.48. The van der Waals surface area contributed by atoms with Gasteiger partial charge < -0.3 is 30.9 Å². The van der Waals surface area contributed by atoms with Crippen LogP contribution in [0.15, 0.2) is 36.5 Å². The van der Waals surface area contributed by atoms with Crippen molar-refractivity contribution in [3.05, 3.63) is 59.3 Å². The molecule has 0 aliphatic rings. The first-order valence-corrected chi connectivity index (χ1v) is 11.5. The molecule has 3 aromatic heterocycles. The molecule has 3 heterocycles. The van der Waals surface area contributed by atoms with E-state index in [2.05, 4.69) is 10.3 Å². The van der Waals surface area contributed by atoms with Crippen molar-refractivity contribution in [2.45, 2.75) is 39.0 Å². The molecule has 0 spiro atoms. The van der Waals surface area contributed by atoms with Gasteiger partial charge >= 0.3 is 0 Å². The van der Waals surface area contributed by atoms with E-state index in [-0.39, 0.29) is 39.0 Å². The van der Waals surface area contributed by atoms with Crippen LogP contribution in [0.2, 0.25) is 0 Å². The Labute approximate surface area is 203 Å². The predicted molar refractivity (Wildman–Crippen MR) is 130 cm³/mol. The van der Waals surface area contributed by atoms with Crippen LogP contribution in [-0.2, 0) is 12.1 Å². The number of nitrogens with two attached hydrogens (primary N) is 1. The van der Waals surface area contributed by atoms with Gasteiger partial charge in [-0.15, -0.1) is 11.3 Å². The summed E-state index contributed by atoms with van der Waals surface area (Å²) < 4.78 is 31.2. The molecule has 0 saturated heterocycles. The number of hydrogen-bond donors (Lipinski definition) is 5. The summed E-state index contributed by atoms with van der Waals surface area (Å²) in [5.41, 5.74) is 4.25. The van der Waals surface area contributed by atoms with Gasteiger partial charge in [0.05, 0.1) is 40.3 Å². The minimum atomic E-state index is -1.44. The highest BCUT2D eigenvalue weighted by Crippen LogP contribution is 2.40. The van der Waals surface area contributed by atoms with Crippen LogP contribution in [0.3, 0.4) is 0 Å². The minimum Gasteiger partial charge on any atom is -0.494 e. The number of primary amides is 1. The Bertz CT molecular complexity index is 1420. The lowest BCUT2D eigenvalue weighted by molar-refractivity contribution is 0.0778. The second-order valence-electron chi connectivity index (χ2n) is 8.80. The second-order valence-corrected chi connectivity index (χ2v) is 9.85. The predicted octanol–water partition coefficient (Wildman–Crippen LogP) is 4.20. The summed E-state index contributed by atoms with van der Waals surface area (Å²) in [5, 5.41) is 33.7. The number of carbonyl (C=O) groups is 1. The fourth-order valence-electron chi connectivity index (χ4n) is 3.69. The number of amides is 1. The Morgan fingerprint density at radius 3 is 2.49 bits per heavy atom. The normalized spacial score (nSPS) is 12.8. The number of pyridine rings is 1. The Morgan fingerprint density at radius 2 is 1.91 bits per heavy atom. The number of aromatic nitrogens is 2. The molecule has 0 aliphatic heterocycles. The van der Waals surface area contributed by atoms with Gasteiger partial charge in [0.1, 0.15) is 22.5 Å². The van der Waals surface area contributed by atoms with Crippen molar-refractivity contribution >= 4 is 39.0 Å². The second kappa shape index (κ2) is 8.91. The maximum atomic E-state index is 14.9. The Balaban J connectivity index is 1.73. The van der Waals surface area contributed by atoms with Crippen LogP contribution in [-0.4, -0.2) is 36.9 Å². The number of rotatable bonds is 7. The van der Waals surface area contributed by atoms with Crippen LogP contribution in [0.5, 0.6) is 5.88 Å². The molecule has 1 atom stereocenters. The van der Waals surface area contributed by atoms with Crippen LogP contribution >= 0.6 is 11.3 Å². The van der Waals surface area contributed by atoms with E-state index in [1.165, 1.54) is 24.5 Å². The lowest BCUT2D eigenvalue weighted by atomic mass is 9.96. The lowest BCUT2D eigenvalue weighted by Crippen LogP contribution is -2.16.